The van der Waals surface area contributed by atoms with Crippen molar-refractivity contribution in [3.63, 3.8) is 0 Å². The maximum absolute atomic E-state index is 14.0. The molecule has 0 bridgehead atoms. The number of nitrogens with zero attached hydrogens (tertiary/aromatic N) is 4. The summed E-state index contributed by atoms with van der Waals surface area (Å²) in [6, 6.07) is 0. The smallest absolute Gasteiger partial charge is 0.185 e. The molecule has 17 heteroatoms. The molecule has 4 atom stereocenters. The highest BCUT2D eigenvalue weighted by atomic mass is 16.1. The first-order valence-corrected chi connectivity index (χ1v) is 17.3. The fourth-order valence-electron chi connectivity index (χ4n) is 5.71. The molecule has 0 saturated carbocycles. The zero-order valence-electron chi connectivity index (χ0n) is 30.1. The lowest BCUT2D eigenvalue weighted by atomic mass is 9.79. The van der Waals surface area contributed by atoms with Gasteiger partial charge in [-0.05, 0) is 58.3 Å². The molecule has 0 fully saturated rings. The highest BCUT2D eigenvalue weighted by Crippen LogP contribution is 2.28. The number of ketones is 5. The summed E-state index contributed by atoms with van der Waals surface area (Å²) in [4.78, 5) is 82.5. The van der Waals surface area contributed by atoms with Crippen molar-refractivity contribution in [2.24, 2.45) is 95.4 Å². The minimum absolute atomic E-state index is 0.0237. The summed E-state index contributed by atoms with van der Waals surface area (Å²) in [6.07, 6.45) is 2.86. The van der Waals surface area contributed by atoms with E-state index in [1.165, 1.54) is 6.92 Å². The number of hydrogen-bond donors (Lipinski definition) is 8. The van der Waals surface area contributed by atoms with Gasteiger partial charge in [-0.1, -0.05) is 13.8 Å². The number of aliphatic imine (C=N–C) groups is 4. The van der Waals surface area contributed by atoms with Crippen molar-refractivity contribution in [1.82, 2.24) is 0 Å². The molecular formula is C33H62N12O5. The van der Waals surface area contributed by atoms with Gasteiger partial charge in [-0.25, -0.2) is 0 Å². The van der Waals surface area contributed by atoms with Gasteiger partial charge in [0.05, 0.1) is 0 Å². The molecule has 16 N–H and O–H groups in total. The Bertz CT molecular complexity index is 1220. The number of carbonyl (C=O) groups excluding carboxylic acids is 5. The van der Waals surface area contributed by atoms with E-state index in [9.17, 15) is 24.0 Å². The van der Waals surface area contributed by atoms with Gasteiger partial charge in [0.1, 0.15) is 28.9 Å². The van der Waals surface area contributed by atoms with Crippen LogP contribution in [0, 0.1) is 29.6 Å². The molecule has 0 radical (unpaired) electrons. The van der Waals surface area contributed by atoms with Gasteiger partial charge in [0.15, 0.2) is 23.8 Å². The number of guanidine groups is 4. The molecule has 0 aliphatic rings. The van der Waals surface area contributed by atoms with E-state index < -0.39 is 23.7 Å². The van der Waals surface area contributed by atoms with Crippen molar-refractivity contribution in [3.8, 4) is 0 Å². The van der Waals surface area contributed by atoms with Gasteiger partial charge in [0.2, 0.25) is 0 Å². The zero-order chi connectivity index (χ0) is 38.2. The number of carbonyl (C=O) groups is 5. The molecular weight excluding hydrogens is 644 g/mol. The van der Waals surface area contributed by atoms with E-state index in [1.54, 1.807) is 13.8 Å². The fourth-order valence-corrected chi connectivity index (χ4v) is 5.71. The Labute approximate surface area is 296 Å². The van der Waals surface area contributed by atoms with E-state index in [4.69, 9.17) is 45.9 Å². The number of nitrogens with two attached hydrogens (primary N) is 8. The van der Waals surface area contributed by atoms with Gasteiger partial charge >= 0.3 is 0 Å². The van der Waals surface area contributed by atoms with E-state index in [1.807, 2.05) is 0 Å². The molecule has 17 nitrogen and oxygen atoms in total. The lowest BCUT2D eigenvalue weighted by Crippen LogP contribution is -2.30. The molecule has 0 aliphatic carbocycles. The van der Waals surface area contributed by atoms with Crippen LogP contribution in [0.4, 0.5) is 0 Å². The molecule has 0 aromatic heterocycles. The Morgan fingerprint density at radius 3 is 0.960 bits per heavy atom. The van der Waals surface area contributed by atoms with Crippen molar-refractivity contribution in [2.75, 3.05) is 26.2 Å². The van der Waals surface area contributed by atoms with E-state index >= 15 is 0 Å². The minimum Gasteiger partial charge on any atom is -0.370 e. The highest BCUT2D eigenvalue weighted by Gasteiger charge is 2.32. The number of hydrogen-bond acceptors (Lipinski definition) is 9. The molecule has 4 unspecified atom stereocenters. The summed E-state index contributed by atoms with van der Waals surface area (Å²) in [5, 5.41) is 0. The Morgan fingerprint density at radius 2 is 0.700 bits per heavy atom. The maximum Gasteiger partial charge on any atom is 0.185 e. The van der Waals surface area contributed by atoms with E-state index in [-0.39, 0.29) is 104 Å². The van der Waals surface area contributed by atoms with E-state index in [0.717, 1.165) is 0 Å². The molecule has 0 aromatic carbocycles. The van der Waals surface area contributed by atoms with Gasteiger partial charge in [-0.15, -0.1) is 0 Å². The predicted octanol–water partition coefficient (Wildman–Crippen LogP) is -0.253. The Morgan fingerprint density at radius 1 is 0.440 bits per heavy atom. The van der Waals surface area contributed by atoms with Crippen LogP contribution in [0.1, 0.15) is 97.8 Å². The van der Waals surface area contributed by atoms with Crippen molar-refractivity contribution in [2.45, 2.75) is 97.8 Å². The standard InChI is InChI=1S/C33H62N12O5/c1-20(2)29(50)25(11-7-15-45-33(40)41)19-28(49)24(10-6-14-44-32(38)39)18-27(48)23(9-5-13-43-31(36)37)17-26(47)22(16-21(3)46)8-4-12-42-30(34)35/h20,22-25H,4-19H2,1-3H3,(H4,34,35,42)(H4,36,37,43)(H4,38,39,44)(H4,40,41,45). The second-order valence-electron chi connectivity index (χ2n) is 13.1. The van der Waals surface area contributed by atoms with E-state index in [2.05, 4.69) is 20.0 Å². The van der Waals surface area contributed by atoms with Crippen LogP contribution in [0.5, 0.6) is 0 Å². The van der Waals surface area contributed by atoms with Gasteiger partial charge in [0.25, 0.3) is 0 Å². The monoisotopic (exact) mass is 706 g/mol. The van der Waals surface area contributed by atoms with Crippen LogP contribution in [0.25, 0.3) is 0 Å². The molecule has 284 valence electrons. The fraction of sp³-hybridized carbons (Fsp3) is 0.727. The summed E-state index contributed by atoms with van der Waals surface area (Å²) in [5.74, 6) is -4.25. The first kappa shape index (κ1) is 45.4. The lowest BCUT2D eigenvalue weighted by molar-refractivity contribution is -0.135. The highest BCUT2D eigenvalue weighted by molar-refractivity contribution is 5.95. The molecule has 0 rings (SSSR count). The molecule has 0 saturated heterocycles. The van der Waals surface area contributed by atoms with Crippen LogP contribution in [-0.4, -0.2) is 78.9 Å². The summed E-state index contributed by atoms with van der Waals surface area (Å²) in [7, 11) is 0. The summed E-state index contributed by atoms with van der Waals surface area (Å²) < 4.78 is 0. The van der Waals surface area contributed by atoms with Crippen molar-refractivity contribution >= 4 is 52.8 Å². The number of Topliss-reactive ketones (excluding diaryl/α,β-unsaturated/α-hetero) is 5. The Balaban J connectivity index is 6.23. The summed E-state index contributed by atoms with van der Waals surface area (Å²) >= 11 is 0. The third-order valence-corrected chi connectivity index (χ3v) is 8.23. The second kappa shape index (κ2) is 25.4. The average Bonchev–Trinajstić information content (AvgIpc) is 3.01. The van der Waals surface area contributed by atoms with Crippen LogP contribution in [0.2, 0.25) is 0 Å². The largest absolute Gasteiger partial charge is 0.370 e. The van der Waals surface area contributed by atoms with Crippen LogP contribution in [0.15, 0.2) is 20.0 Å². The summed E-state index contributed by atoms with van der Waals surface area (Å²) in [5.41, 5.74) is 43.5. The zero-order valence-corrected chi connectivity index (χ0v) is 30.1. The molecule has 50 heavy (non-hydrogen) atoms. The normalized spacial score (nSPS) is 13.3. The third kappa shape index (κ3) is 22.1. The molecule has 0 aliphatic heterocycles. The molecule has 0 spiro atoms. The Kier molecular flexibility index (Phi) is 23.1. The van der Waals surface area contributed by atoms with Crippen LogP contribution < -0.4 is 45.9 Å². The second-order valence-corrected chi connectivity index (χ2v) is 13.1. The SMILES string of the molecule is CC(=O)CC(CCCN=C(N)N)C(=O)CC(CCCN=C(N)N)C(=O)CC(CCCN=C(N)N)C(=O)CC(CCCN=C(N)N)C(=O)C(C)C. The molecule has 0 amide bonds. The van der Waals surface area contributed by atoms with E-state index in [0.29, 0.717) is 58.0 Å². The van der Waals surface area contributed by atoms with Gasteiger partial charge in [0, 0.05) is 81.5 Å². The quantitative estimate of drug-likeness (QED) is 0.0283. The maximum atomic E-state index is 14.0. The third-order valence-electron chi connectivity index (χ3n) is 8.23. The topological polar surface area (TPSA) is 343 Å². The van der Waals surface area contributed by atoms with Gasteiger partial charge in [-0.2, -0.15) is 0 Å². The van der Waals surface area contributed by atoms with Gasteiger partial charge < -0.3 is 50.7 Å². The first-order chi connectivity index (χ1) is 23.4. The molecule has 0 heterocycles. The Hall–Kier alpha value is -4.57. The van der Waals surface area contributed by atoms with Crippen LogP contribution in [0.3, 0.4) is 0 Å². The average molecular weight is 707 g/mol. The molecule has 0 aromatic rings. The lowest BCUT2D eigenvalue weighted by Gasteiger charge is -2.23. The first-order valence-electron chi connectivity index (χ1n) is 17.3. The van der Waals surface area contributed by atoms with Crippen molar-refractivity contribution in [3.05, 3.63) is 0 Å². The summed E-state index contributed by atoms with van der Waals surface area (Å²) in [6.45, 7) is 6.06. The number of rotatable bonds is 29. The predicted molar refractivity (Wildman–Crippen MR) is 198 cm³/mol. The van der Waals surface area contributed by atoms with Crippen molar-refractivity contribution in [1.29, 1.82) is 0 Å². The minimum atomic E-state index is -0.746. The van der Waals surface area contributed by atoms with Crippen molar-refractivity contribution < 1.29 is 24.0 Å². The van der Waals surface area contributed by atoms with Crippen LogP contribution >= 0.6 is 0 Å². The van der Waals surface area contributed by atoms with Gasteiger partial charge in [-0.3, -0.25) is 39.1 Å². The van der Waals surface area contributed by atoms with Crippen LogP contribution in [-0.2, 0) is 24.0 Å².